The van der Waals surface area contributed by atoms with Crippen molar-refractivity contribution in [1.29, 1.82) is 0 Å². The lowest BCUT2D eigenvalue weighted by Gasteiger charge is -2.10. The zero-order chi connectivity index (χ0) is 13.0. The Bertz CT molecular complexity index is 490. The maximum absolute atomic E-state index is 6.06. The summed E-state index contributed by atoms with van der Waals surface area (Å²) in [6, 6.07) is 4.12. The molecular formula is C13H18ClN3S. The molecule has 0 aliphatic rings. The van der Waals surface area contributed by atoms with E-state index >= 15 is 0 Å². The highest BCUT2D eigenvalue weighted by atomic mass is 35.5. The number of hydrogen-bond donors (Lipinski definition) is 1. The Morgan fingerprint density at radius 1 is 1.39 bits per heavy atom. The van der Waals surface area contributed by atoms with Crippen LogP contribution in [0.4, 0.5) is 0 Å². The Labute approximate surface area is 117 Å². The highest BCUT2D eigenvalue weighted by Gasteiger charge is 2.05. The van der Waals surface area contributed by atoms with Crippen molar-refractivity contribution in [2.45, 2.75) is 33.5 Å². The van der Waals surface area contributed by atoms with Gasteiger partial charge in [0.05, 0.1) is 10.0 Å². The first-order valence-corrected chi connectivity index (χ1v) is 7.36. The molecule has 3 nitrogen and oxygen atoms in total. The molecule has 0 saturated carbocycles. The maximum atomic E-state index is 6.06. The van der Waals surface area contributed by atoms with E-state index in [1.165, 1.54) is 5.69 Å². The van der Waals surface area contributed by atoms with Gasteiger partial charge in [-0.1, -0.05) is 25.4 Å². The average molecular weight is 284 g/mol. The third-order valence-electron chi connectivity index (χ3n) is 2.66. The van der Waals surface area contributed by atoms with Crippen molar-refractivity contribution >= 4 is 22.9 Å². The number of halogens is 1. The molecule has 0 unspecified atom stereocenters. The van der Waals surface area contributed by atoms with Crippen LogP contribution in [0.3, 0.4) is 0 Å². The Morgan fingerprint density at radius 2 is 2.22 bits per heavy atom. The summed E-state index contributed by atoms with van der Waals surface area (Å²) in [5, 5.41) is 9.76. The average Bonchev–Trinajstić information content (AvgIpc) is 2.89. The second kappa shape index (κ2) is 6.36. The van der Waals surface area contributed by atoms with Gasteiger partial charge in [-0.2, -0.15) is 5.10 Å². The number of aromatic nitrogens is 2. The monoisotopic (exact) mass is 283 g/mol. The third-order valence-corrected chi connectivity index (χ3v) is 3.91. The molecule has 0 aromatic carbocycles. The van der Waals surface area contributed by atoms with Gasteiger partial charge in [0.15, 0.2) is 0 Å². The molecular weight excluding hydrogens is 266 g/mol. The molecule has 0 aliphatic carbocycles. The summed E-state index contributed by atoms with van der Waals surface area (Å²) in [7, 11) is 0. The Balaban J connectivity index is 1.87. The van der Waals surface area contributed by atoms with E-state index in [9.17, 15) is 0 Å². The number of thiophene rings is 1. The normalized spacial score (nSPS) is 11.3. The molecule has 2 heterocycles. The minimum atomic E-state index is 0.606. The quantitative estimate of drug-likeness (QED) is 0.879. The summed E-state index contributed by atoms with van der Waals surface area (Å²) in [6.07, 6.45) is 1.86. The van der Waals surface area contributed by atoms with Gasteiger partial charge in [0, 0.05) is 25.8 Å². The SMILES string of the molecule is CC(C)Cn1nccc1CNCc1ccsc1Cl. The van der Waals surface area contributed by atoms with Crippen LogP contribution in [0.15, 0.2) is 23.7 Å². The van der Waals surface area contributed by atoms with Crippen LogP contribution in [0.25, 0.3) is 0 Å². The van der Waals surface area contributed by atoms with Gasteiger partial charge in [0.1, 0.15) is 0 Å². The number of nitrogens with zero attached hydrogens (tertiary/aromatic N) is 2. The molecule has 98 valence electrons. The minimum absolute atomic E-state index is 0.606. The Hall–Kier alpha value is -0.840. The maximum Gasteiger partial charge on any atom is 0.0973 e. The third kappa shape index (κ3) is 3.57. The predicted octanol–water partition coefficient (Wildman–Crippen LogP) is 3.54. The molecule has 1 N–H and O–H groups in total. The van der Waals surface area contributed by atoms with E-state index < -0.39 is 0 Å². The van der Waals surface area contributed by atoms with Crippen LogP contribution in [0.5, 0.6) is 0 Å². The van der Waals surface area contributed by atoms with Gasteiger partial charge in [-0.05, 0) is 29.0 Å². The molecule has 0 atom stereocenters. The van der Waals surface area contributed by atoms with Crippen LogP contribution >= 0.6 is 22.9 Å². The molecule has 0 spiro atoms. The van der Waals surface area contributed by atoms with Gasteiger partial charge >= 0.3 is 0 Å². The lowest BCUT2D eigenvalue weighted by atomic mass is 10.2. The van der Waals surface area contributed by atoms with Crippen molar-refractivity contribution in [3.8, 4) is 0 Å². The molecule has 0 radical (unpaired) electrons. The zero-order valence-electron chi connectivity index (χ0n) is 10.7. The van der Waals surface area contributed by atoms with Crippen molar-refractivity contribution in [2.24, 2.45) is 5.92 Å². The Kier molecular flexibility index (Phi) is 4.80. The van der Waals surface area contributed by atoms with Crippen molar-refractivity contribution < 1.29 is 0 Å². The number of hydrogen-bond acceptors (Lipinski definition) is 3. The highest BCUT2D eigenvalue weighted by molar-refractivity contribution is 7.14. The Morgan fingerprint density at radius 3 is 2.89 bits per heavy atom. The molecule has 0 bridgehead atoms. The van der Waals surface area contributed by atoms with Crippen LogP contribution in [-0.4, -0.2) is 9.78 Å². The van der Waals surface area contributed by atoms with Crippen molar-refractivity contribution in [3.05, 3.63) is 39.3 Å². The van der Waals surface area contributed by atoms with Crippen molar-refractivity contribution in [3.63, 3.8) is 0 Å². The van der Waals surface area contributed by atoms with Gasteiger partial charge in [-0.3, -0.25) is 4.68 Å². The fraction of sp³-hybridized carbons (Fsp3) is 0.462. The molecule has 5 heteroatoms. The van der Waals surface area contributed by atoms with E-state index in [4.69, 9.17) is 11.6 Å². The van der Waals surface area contributed by atoms with E-state index in [0.29, 0.717) is 5.92 Å². The van der Waals surface area contributed by atoms with Crippen LogP contribution in [-0.2, 0) is 19.6 Å². The summed E-state index contributed by atoms with van der Waals surface area (Å²) in [6.45, 7) is 6.98. The summed E-state index contributed by atoms with van der Waals surface area (Å²) in [4.78, 5) is 0. The second-order valence-corrected chi connectivity index (χ2v) is 6.24. The van der Waals surface area contributed by atoms with Gasteiger partial charge in [0.25, 0.3) is 0 Å². The standard InChI is InChI=1S/C13H18ClN3S/c1-10(2)9-17-12(3-5-16-17)8-15-7-11-4-6-18-13(11)14/h3-6,10,15H,7-9H2,1-2H3. The van der Waals surface area contributed by atoms with E-state index in [1.807, 2.05) is 11.6 Å². The summed E-state index contributed by atoms with van der Waals surface area (Å²) in [5.41, 5.74) is 2.38. The smallest absolute Gasteiger partial charge is 0.0973 e. The minimum Gasteiger partial charge on any atom is -0.307 e. The van der Waals surface area contributed by atoms with Crippen LogP contribution < -0.4 is 5.32 Å². The predicted molar refractivity (Wildman–Crippen MR) is 76.9 cm³/mol. The lowest BCUT2D eigenvalue weighted by Crippen LogP contribution is -2.17. The first-order chi connectivity index (χ1) is 8.66. The number of rotatable bonds is 6. The molecule has 2 aromatic rings. The second-order valence-electron chi connectivity index (χ2n) is 4.72. The molecule has 2 rings (SSSR count). The fourth-order valence-electron chi connectivity index (χ4n) is 1.79. The van der Waals surface area contributed by atoms with Crippen LogP contribution in [0.2, 0.25) is 4.34 Å². The number of nitrogens with one attached hydrogen (secondary N) is 1. The molecule has 0 amide bonds. The molecule has 0 saturated heterocycles. The van der Waals surface area contributed by atoms with Gasteiger partial charge in [-0.25, -0.2) is 0 Å². The fourth-order valence-corrected chi connectivity index (χ4v) is 2.72. The van der Waals surface area contributed by atoms with Gasteiger partial charge in [0.2, 0.25) is 0 Å². The zero-order valence-corrected chi connectivity index (χ0v) is 12.3. The van der Waals surface area contributed by atoms with Gasteiger partial charge in [-0.15, -0.1) is 11.3 Å². The topological polar surface area (TPSA) is 29.9 Å². The largest absolute Gasteiger partial charge is 0.307 e. The molecule has 0 fully saturated rings. The van der Waals surface area contributed by atoms with E-state index in [2.05, 4.69) is 41.1 Å². The molecule has 0 aliphatic heterocycles. The van der Waals surface area contributed by atoms with Crippen molar-refractivity contribution in [2.75, 3.05) is 0 Å². The lowest BCUT2D eigenvalue weighted by molar-refractivity contribution is 0.461. The highest BCUT2D eigenvalue weighted by Crippen LogP contribution is 2.22. The van der Waals surface area contributed by atoms with Crippen LogP contribution in [0, 0.1) is 5.92 Å². The van der Waals surface area contributed by atoms with Gasteiger partial charge < -0.3 is 5.32 Å². The summed E-state index contributed by atoms with van der Waals surface area (Å²) >= 11 is 7.63. The van der Waals surface area contributed by atoms with E-state index in [0.717, 1.165) is 29.5 Å². The van der Waals surface area contributed by atoms with Crippen molar-refractivity contribution in [1.82, 2.24) is 15.1 Å². The molecule has 2 aromatic heterocycles. The molecule has 18 heavy (non-hydrogen) atoms. The summed E-state index contributed by atoms with van der Waals surface area (Å²) in [5.74, 6) is 0.606. The van der Waals surface area contributed by atoms with E-state index in [1.54, 1.807) is 11.3 Å². The van der Waals surface area contributed by atoms with Crippen LogP contribution in [0.1, 0.15) is 25.1 Å². The summed E-state index contributed by atoms with van der Waals surface area (Å²) < 4.78 is 2.94. The van der Waals surface area contributed by atoms with E-state index in [-0.39, 0.29) is 0 Å². The first kappa shape index (κ1) is 13.6. The first-order valence-electron chi connectivity index (χ1n) is 6.10.